The molecule has 3 heterocycles. The van der Waals surface area contributed by atoms with Gasteiger partial charge in [-0.25, -0.2) is 9.78 Å². The zero-order valence-electron chi connectivity index (χ0n) is 21.0. The van der Waals surface area contributed by atoms with E-state index in [0.717, 1.165) is 30.6 Å². The van der Waals surface area contributed by atoms with Gasteiger partial charge in [-0.2, -0.15) is 0 Å². The van der Waals surface area contributed by atoms with E-state index in [-0.39, 0.29) is 22.0 Å². The lowest BCUT2D eigenvalue weighted by Gasteiger charge is -2.22. The second kappa shape index (κ2) is 11.0. The molecule has 1 aliphatic rings. The topological polar surface area (TPSA) is 130 Å². The van der Waals surface area contributed by atoms with E-state index >= 15 is 0 Å². The summed E-state index contributed by atoms with van der Waals surface area (Å²) in [5, 5.41) is 20.9. The maximum Gasteiger partial charge on any atom is 0.335 e. The van der Waals surface area contributed by atoms with Crippen LogP contribution in [0.5, 0.6) is 5.75 Å². The summed E-state index contributed by atoms with van der Waals surface area (Å²) in [6, 6.07) is 13.6. The van der Waals surface area contributed by atoms with Crippen LogP contribution < -0.4 is 9.64 Å². The molecule has 39 heavy (non-hydrogen) atoms. The Kier molecular flexibility index (Phi) is 7.38. The molecule has 5 rings (SSSR count). The number of ketones is 1. The van der Waals surface area contributed by atoms with Crippen LogP contribution in [0, 0.1) is 0 Å². The van der Waals surface area contributed by atoms with Crippen molar-refractivity contribution >= 4 is 50.1 Å². The number of benzene rings is 2. The monoisotopic (exact) mass is 543 g/mol. The number of carbonyl (C=O) groups excluding carboxylic acids is 2. The highest BCUT2D eigenvalue weighted by Crippen LogP contribution is 2.44. The van der Waals surface area contributed by atoms with Crippen molar-refractivity contribution in [2.75, 3.05) is 11.5 Å². The van der Waals surface area contributed by atoms with Crippen LogP contribution >= 0.6 is 11.3 Å². The van der Waals surface area contributed by atoms with E-state index < -0.39 is 23.7 Å². The normalized spacial score (nSPS) is 16.6. The number of Topliss-reactive ketones (excluding diaryl/α,β-unsaturated/α-hetero) is 1. The van der Waals surface area contributed by atoms with E-state index in [4.69, 9.17) is 4.74 Å². The van der Waals surface area contributed by atoms with Gasteiger partial charge in [-0.15, -0.1) is 0 Å². The minimum Gasteiger partial charge on any atom is -0.507 e. The van der Waals surface area contributed by atoms with Crippen molar-refractivity contribution in [3.05, 3.63) is 89.3 Å². The number of hydrogen-bond acceptors (Lipinski definition) is 8. The summed E-state index contributed by atoms with van der Waals surface area (Å²) in [6.07, 6.45) is 6.20. The molecule has 1 fully saturated rings. The van der Waals surface area contributed by atoms with E-state index in [1.165, 1.54) is 23.2 Å². The minimum atomic E-state index is -1.08. The van der Waals surface area contributed by atoms with Gasteiger partial charge in [0.15, 0.2) is 5.13 Å². The van der Waals surface area contributed by atoms with Gasteiger partial charge < -0.3 is 14.9 Å². The van der Waals surface area contributed by atoms with E-state index in [2.05, 4.69) is 16.9 Å². The Morgan fingerprint density at radius 1 is 1.05 bits per heavy atom. The second-order valence-corrected chi connectivity index (χ2v) is 10.0. The molecule has 2 aromatic heterocycles. The van der Waals surface area contributed by atoms with E-state index in [0.29, 0.717) is 33.7 Å². The van der Waals surface area contributed by atoms with E-state index in [1.54, 1.807) is 48.7 Å². The van der Waals surface area contributed by atoms with Crippen molar-refractivity contribution in [2.24, 2.45) is 0 Å². The van der Waals surface area contributed by atoms with Crippen molar-refractivity contribution in [1.29, 1.82) is 0 Å². The van der Waals surface area contributed by atoms with Gasteiger partial charge >= 0.3 is 11.9 Å². The fourth-order valence-electron chi connectivity index (χ4n) is 4.44. The molecule has 2 N–H and O–H groups in total. The number of aliphatic hydroxyl groups excluding tert-OH is 1. The Labute approximate surface area is 228 Å². The molecule has 4 aromatic rings. The summed E-state index contributed by atoms with van der Waals surface area (Å²) in [4.78, 5) is 48.1. The van der Waals surface area contributed by atoms with Crippen LogP contribution in [-0.4, -0.2) is 44.4 Å². The molecule has 1 atom stereocenters. The lowest BCUT2D eigenvalue weighted by molar-refractivity contribution is -0.132. The number of ether oxygens (including phenoxy) is 1. The third kappa shape index (κ3) is 5.10. The zero-order valence-corrected chi connectivity index (χ0v) is 21.9. The van der Waals surface area contributed by atoms with E-state index in [9.17, 15) is 24.6 Å². The first kappa shape index (κ1) is 26.1. The molecule has 9 nitrogen and oxygen atoms in total. The molecule has 0 saturated carbocycles. The SMILES string of the molecule is CCCCCOc1ccc(/C(O)=C2\C(=O)C(=O)N(c3nc4ccc(C(=O)O)cc4s3)C2c2cccnc2)cc1. The number of unbranched alkanes of at least 4 members (excludes halogenated alkanes) is 2. The van der Waals surface area contributed by atoms with Gasteiger partial charge in [0.2, 0.25) is 0 Å². The van der Waals surface area contributed by atoms with Gasteiger partial charge in [0.05, 0.1) is 34.0 Å². The third-order valence-corrected chi connectivity index (χ3v) is 7.44. The predicted octanol–water partition coefficient (Wildman–Crippen LogP) is 5.58. The Hall–Kier alpha value is -4.57. The van der Waals surface area contributed by atoms with Crippen molar-refractivity contribution in [2.45, 2.75) is 32.2 Å². The van der Waals surface area contributed by atoms with Crippen molar-refractivity contribution in [1.82, 2.24) is 9.97 Å². The van der Waals surface area contributed by atoms with Gasteiger partial charge in [-0.05, 0) is 60.5 Å². The molecule has 0 bridgehead atoms. The smallest absolute Gasteiger partial charge is 0.335 e. The lowest BCUT2D eigenvalue weighted by Crippen LogP contribution is -2.29. The molecule has 1 aliphatic heterocycles. The highest BCUT2D eigenvalue weighted by atomic mass is 32.1. The van der Waals surface area contributed by atoms with Crippen LogP contribution in [0.25, 0.3) is 16.0 Å². The Balaban J connectivity index is 1.56. The van der Waals surface area contributed by atoms with Gasteiger partial charge in [0.1, 0.15) is 11.5 Å². The number of aromatic nitrogens is 2. The quantitative estimate of drug-likeness (QED) is 0.121. The highest BCUT2D eigenvalue weighted by molar-refractivity contribution is 7.22. The molecule has 1 saturated heterocycles. The summed E-state index contributed by atoms with van der Waals surface area (Å²) in [5.41, 5.74) is 1.36. The number of hydrogen-bond donors (Lipinski definition) is 2. The lowest BCUT2D eigenvalue weighted by atomic mass is 9.96. The van der Waals surface area contributed by atoms with Crippen molar-refractivity contribution in [3.8, 4) is 5.75 Å². The number of nitrogens with zero attached hydrogens (tertiary/aromatic N) is 3. The number of thiazole rings is 1. The fraction of sp³-hybridized carbons (Fsp3) is 0.207. The molecular weight excluding hydrogens is 518 g/mol. The minimum absolute atomic E-state index is 0.0846. The summed E-state index contributed by atoms with van der Waals surface area (Å²) in [6.45, 7) is 2.70. The van der Waals surface area contributed by atoms with E-state index in [1.807, 2.05) is 0 Å². The first-order valence-electron chi connectivity index (χ1n) is 12.5. The number of anilines is 1. The number of carboxylic acids is 1. The van der Waals surface area contributed by atoms with Gasteiger partial charge in [-0.3, -0.25) is 19.5 Å². The summed E-state index contributed by atoms with van der Waals surface area (Å²) >= 11 is 1.09. The molecular formula is C29H25N3O6S. The first-order chi connectivity index (χ1) is 18.9. The average Bonchev–Trinajstić information content (AvgIpc) is 3.49. The molecule has 10 heteroatoms. The number of amides is 1. The molecule has 2 aromatic carbocycles. The highest BCUT2D eigenvalue weighted by Gasteiger charge is 2.48. The number of carbonyl (C=O) groups is 3. The molecule has 1 unspecified atom stereocenters. The Bertz CT molecular complexity index is 1580. The maximum atomic E-state index is 13.4. The van der Waals surface area contributed by atoms with Crippen LogP contribution in [-0.2, 0) is 9.59 Å². The van der Waals surface area contributed by atoms with Crippen LogP contribution in [0.2, 0.25) is 0 Å². The Morgan fingerprint density at radius 2 is 1.82 bits per heavy atom. The predicted molar refractivity (Wildman–Crippen MR) is 147 cm³/mol. The number of carboxylic acid groups (broad SMARTS) is 1. The number of aromatic carboxylic acids is 1. The largest absolute Gasteiger partial charge is 0.507 e. The molecule has 0 aliphatic carbocycles. The van der Waals surface area contributed by atoms with Crippen LogP contribution in [0.1, 0.15) is 53.7 Å². The van der Waals surface area contributed by atoms with Crippen LogP contribution in [0.15, 0.2) is 72.6 Å². The molecule has 1 amide bonds. The van der Waals surface area contributed by atoms with Crippen LogP contribution in [0.3, 0.4) is 0 Å². The standard InChI is InChI=1S/C29H25N3O6S/c1-2-3-4-14-38-20-10-7-17(8-11-20)25(33)23-24(19-6-5-13-30-16-19)32(27(35)26(23)34)29-31-21-12-9-18(28(36)37)15-22(21)39-29/h5-13,15-16,24,33H,2-4,14H2,1H3,(H,36,37)/b25-23+. The molecule has 198 valence electrons. The maximum absolute atomic E-state index is 13.4. The first-order valence-corrected chi connectivity index (χ1v) is 13.3. The summed E-state index contributed by atoms with van der Waals surface area (Å²) in [7, 11) is 0. The number of rotatable bonds is 9. The Morgan fingerprint density at radius 3 is 2.51 bits per heavy atom. The summed E-state index contributed by atoms with van der Waals surface area (Å²) < 4.78 is 6.29. The number of fused-ring (bicyclic) bond motifs is 1. The van der Waals surface area contributed by atoms with Gasteiger partial charge in [-0.1, -0.05) is 37.2 Å². The molecule has 0 radical (unpaired) electrons. The number of aliphatic hydroxyl groups is 1. The molecule has 0 spiro atoms. The summed E-state index contributed by atoms with van der Waals surface area (Å²) in [5.74, 6) is -2.47. The second-order valence-electron chi connectivity index (χ2n) is 9.02. The van der Waals surface area contributed by atoms with Crippen molar-refractivity contribution < 1.29 is 29.3 Å². The van der Waals surface area contributed by atoms with Crippen molar-refractivity contribution in [3.63, 3.8) is 0 Å². The van der Waals surface area contributed by atoms with Gasteiger partial charge in [0, 0.05) is 18.0 Å². The fourth-order valence-corrected chi connectivity index (χ4v) is 5.47. The zero-order chi connectivity index (χ0) is 27.5. The average molecular weight is 544 g/mol. The third-order valence-electron chi connectivity index (χ3n) is 6.42. The van der Waals surface area contributed by atoms with Crippen LogP contribution in [0.4, 0.5) is 5.13 Å². The number of pyridine rings is 1. The van der Waals surface area contributed by atoms with Gasteiger partial charge in [0.25, 0.3) is 5.78 Å².